The summed E-state index contributed by atoms with van der Waals surface area (Å²) in [6.45, 7) is 11.9. The van der Waals surface area contributed by atoms with Gasteiger partial charge in [-0.25, -0.2) is 0 Å². The minimum atomic E-state index is -2.38. The van der Waals surface area contributed by atoms with E-state index in [2.05, 4.69) is 51.1 Å². The Morgan fingerprint density at radius 2 is 1.42 bits per heavy atom. The molecule has 3 atom stereocenters. The van der Waals surface area contributed by atoms with Crippen LogP contribution < -0.4 is 0 Å². The summed E-state index contributed by atoms with van der Waals surface area (Å²) in [5.74, 6) is 1.14. The molecule has 1 saturated carbocycles. The van der Waals surface area contributed by atoms with E-state index in [0.717, 1.165) is 0 Å². The zero-order chi connectivity index (χ0) is 19.0. The molecule has 1 aromatic rings. The van der Waals surface area contributed by atoms with E-state index < -0.39 is 18.4 Å². The van der Waals surface area contributed by atoms with Crippen LogP contribution in [0.1, 0.15) is 70.8 Å². The molecule has 146 valence electrons. The Kier molecular flexibility index (Phi) is 9.23. The van der Waals surface area contributed by atoms with Crippen molar-refractivity contribution in [2.24, 2.45) is 5.92 Å². The van der Waals surface area contributed by atoms with Gasteiger partial charge in [0.05, 0.1) is 0 Å². The summed E-state index contributed by atoms with van der Waals surface area (Å²) in [7, 11) is 1.90. The first-order valence-electron chi connectivity index (χ1n) is 10.9. The van der Waals surface area contributed by atoms with Gasteiger partial charge in [0.25, 0.3) is 0 Å². The van der Waals surface area contributed by atoms with Gasteiger partial charge in [0.15, 0.2) is 0 Å². The fraction of sp³-hybridized carbons (Fsp3) is 0.667. The van der Waals surface area contributed by atoms with Gasteiger partial charge < -0.3 is 0 Å². The van der Waals surface area contributed by atoms with Crippen LogP contribution in [-0.4, -0.2) is 31.6 Å². The molecule has 0 aromatic heterocycles. The molecule has 0 aliphatic heterocycles. The maximum absolute atomic E-state index is 5.94. The number of benzene rings is 1. The molecule has 2 heteroatoms. The van der Waals surface area contributed by atoms with Crippen molar-refractivity contribution in [3.63, 3.8) is 0 Å². The van der Waals surface area contributed by atoms with Crippen LogP contribution in [0.25, 0.3) is 0 Å². The van der Waals surface area contributed by atoms with Gasteiger partial charge in [0.1, 0.15) is 0 Å². The maximum atomic E-state index is 5.94. The Labute approximate surface area is 166 Å². The van der Waals surface area contributed by atoms with Gasteiger partial charge in [-0.1, -0.05) is 0 Å². The number of hydrogen-bond acceptors (Lipinski definition) is 1. The molecule has 1 fully saturated rings. The Hall–Kier alpha value is -0.281. The van der Waals surface area contributed by atoms with Crippen LogP contribution in [-0.2, 0) is 4.74 Å². The van der Waals surface area contributed by atoms with Gasteiger partial charge in [0.2, 0.25) is 0 Å². The molecule has 2 rings (SSSR count). The van der Waals surface area contributed by atoms with Crippen LogP contribution in [0, 0.1) is 5.92 Å². The Morgan fingerprint density at radius 1 is 0.923 bits per heavy atom. The van der Waals surface area contributed by atoms with Gasteiger partial charge in [-0.3, -0.25) is 0 Å². The molecule has 0 N–H and O–H groups in total. The predicted octanol–water partition coefficient (Wildman–Crippen LogP) is 7.36. The summed E-state index contributed by atoms with van der Waals surface area (Å²) < 4.78 is 12.2. The average Bonchev–Trinajstić information content (AvgIpc) is 3.42. The fourth-order valence-electron chi connectivity index (χ4n) is 4.82. The first kappa shape index (κ1) is 22.0. The van der Waals surface area contributed by atoms with E-state index in [1.54, 1.807) is 3.59 Å². The summed E-state index contributed by atoms with van der Waals surface area (Å²) in [4.78, 5) is 0. The molecule has 0 bridgehead atoms. The molecular formula is C24H40OSn. The van der Waals surface area contributed by atoms with Crippen molar-refractivity contribution in [2.75, 3.05) is 7.11 Å². The number of ether oxygens (including phenoxy) is 1. The topological polar surface area (TPSA) is 9.23 Å². The standard InChI is InChI=1S/C12H13O.3C4H9.Sn/c1-3-10-11(12(10)13-2)9-7-5-4-6-8-9;3*1-3-4-2;/h4-8,10-12H,1H2,2H3;3*1,3-4H2,2H3;/t10-,11-,12+;;;;/m0..../s1. The number of rotatable bonds is 13. The average molecular weight is 463 g/mol. The Morgan fingerprint density at radius 3 is 1.85 bits per heavy atom. The molecule has 0 spiro atoms. The molecule has 0 radical (unpaired) electrons. The summed E-state index contributed by atoms with van der Waals surface area (Å²) >= 11 is -2.38. The van der Waals surface area contributed by atoms with Crippen molar-refractivity contribution in [3.8, 4) is 0 Å². The molecule has 0 amide bonds. The quantitative estimate of drug-likeness (QED) is 0.278. The van der Waals surface area contributed by atoms with Crippen LogP contribution in [0.3, 0.4) is 0 Å². The van der Waals surface area contributed by atoms with E-state index in [1.165, 1.54) is 57.4 Å². The normalized spacial score (nSPS) is 22.4. The summed E-state index contributed by atoms with van der Waals surface area (Å²) in [6, 6.07) is 11.0. The van der Waals surface area contributed by atoms with Gasteiger partial charge in [0, 0.05) is 0 Å². The fourth-order valence-corrected chi connectivity index (χ4v) is 21.5. The van der Waals surface area contributed by atoms with Gasteiger partial charge in [-0.15, -0.1) is 0 Å². The molecule has 0 unspecified atom stereocenters. The molecular weight excluding hydrogens is 423 g/mol. The summed E-state index contributed by atoms with van der Waals surface area (Å²) in [5, 5.41) is 0. The van der Waals surface area contributed by atoms with Crippen LogP contribution in [0.4, 0.5) is 0 Å². The zero-order valence-electron chi connectivity index (χ0n) is 17.6. The minimum absolute atomic E-state index is 0.367. The summed E-state index contributed by atoms with van der Waals surface area (Å²) in [6.07, 6.45) is 8.56. The van der Waals surface area contributed by atoms with Crippen LogP contribution >= 0.6 is 0 Å². The van der Waals surface area contributed by atoms with E-state index in [4.69, 9.17) is 11.3 Å². The third kappa shape index (κ3) is 5.16. The molecule has 0 saturated heterocycles. The van der Waals surface area contributed by atoms with Crippen LogP contribution in [0.15, 0.2) is 40.5 Å². The molecule has 26 heavy (non-hydrogen) atoms. The first-order valence-corrected chi connectivity index (χ1v) is 18.4. The molecule has 1 aliphatic rings. The predicted molar refractivity (Wildman–Crippen MR) is 118 cm³/mol. The second kappa shape index (κ2) is 10.9. The number of hydrogen-bond donors (Lipinski definition) is 0. The van der Waals surface area contributed by atoms with E-state index in [1.807, 2.05) is 7.11 Å². The van der Waals surface area contributed by atoms with Crippen LogP contribution in [0.2, 0.25) is 13.3 Å². The van der Waals surface area contributed by atoms with Gasteiger partial charge in [-0.2, -0.15) is 0 Å². The van der Waals surface area contributed by atoms with Crippen molar-refractivity contribution in [1.29, 1.82) is 0 Å². The van der Waals surface area contributed by atoms with Gasteiger partial charge >= 0.3 is 167 Å². The summed E-state index contributed by atoms with van der Waals surface area (Å²) in [5.41, 5.74) is 1.45. The van der Waals surface area contributed by atoms with Crippen molar-refractivity contribution in [1.82, 2.24) is 0 Å². The van der Waals surface area contributed by atoms with Crippen LogP contribution in [0.5, 0.6) is 0 Å². The molecule has 0 heterocycles. The van der Waals surface area contributed by atoms with Crippen molar-refractivity contribution >= 4 is 18.4 Å². The van der Waals surface area contributed by atoms with E-state index in [-0.39, 0.29) is 0 Å². The third-order valence-electron chi connectivity index (χ3n) is 6.52. The van der Waals surface area contributed by atoms with E-state index >= 15 is 0 Å². The van der Waals surface area contributed by atoms with Gasteiger partial charge in [-0.05, 0) is 0 Å². The van der Waals surface area contributed by atoms with E-state index in [0.29, 0.717) is 17.9 Å². The van der Waals surface area contributed by atoms with Crippen molar-refractivity contribution in [3.05, 3.63) is 46.1 Å². The monoisotopic (exact) mass is 464 g/mol. The molecule has 1 aliphatic carbocycles. The zero-order valence-corrected chi connectivity index (χ0v) is 20.5. The third-order valence-corrected chi connectivity index (χ3v) is 22.6. The van der Waals surface area contributed by atoms with Crippen molar-refractivity contribution in [2.45, 2.75) is 84.6 Å². The first-order chi connectivity index (χ1) is 12.6. The second-order valence-corrected chi connectivity index (χ2v) is 21.7. The Bertz CT molecular complexity index is 517. The second-order valence-electron chi connectivity index (χ2n) is 8.28. The number of unbranched alkanes of at least 4 members (excludes halogenated alkanes) is 3. The van der Waals surface area contributed by atoms with E-state index in [9.17, 15) is 0 Å². The Balaban J connectivity index is 2.25. The van der Waals surface area contributed by atoms with Crippen molar-refractivity contribution < 1.29 is 4.74 Å². The SMILES string of the molecule is C=[C]([C@@H]1[C@@H](OC)[C@H]1c1ccccc1)[Sn]([CH2]CCC)([CH2]CCC)[CH2]CCC. The molecule has 1 aromatic carbocycles. The number of methoxy groups -OCH3 is 1. The molecule has 1 nitrogen and oxygen atoms in total.